The molecule has 0 amide bonds. The fraction of sp³-hybridized carbons (Fsp3) is 0.357. The second-order valence-electron chi connectivity index (χ2n) is 4.13. The number of benzene rings is 1. The number of aromatic nitrogens is 2. The predicted octanol–water partition coefficient (Wildman–Crippen LogP) is 3.56. The molecule has 5 heteroatoms. The van der Waals surface area contributed by atoms with Crippen molar-refractivity contribution >= 4 is 15.9 Å². The minimum Gasteiger partial charge on any atom is -0.497 e. The molecule has 0 radical (unpaired) electrons. The third-order valence-electron chi connectivity index (χ3n) is 2.89. The fourth-order valence-corrected chi connectivity index (χ4v) is 2.23. The lowest BCUT2D eigenvalue weighted by Gasteiger charge is -2.09. The van der Waals surface area contributed by atoms with E-state index < -0.39 is 0 Å². The van der Waals surface area contributed by atoms with Gasteiger partial charge in [-0.2, -0.15) is 5.10 Å². The molecule has 1 aromatic carbocycles. The highest BCUT2D eigenvalue weighted by Gasteiger charge is 2.12. The van der Waals surface area contributed by atoms with Gasteiger partial charge in [0.15, 0.2) is 0 Å². The summed E-state index contributed by atoms with van der Waals surface area (Å²) in [4.78, 5) is 0. The molecule has 1 aromatic heterocycles. The van der Waals surface area contributed by atoms with Crippen LogP contribution in [0.15, 0.2) is 28.7 Å². The van der Waals surface area contributed by atoms with Gasteiger partial charge in [-0.15, -0.1) is 0 Å². The van der Waals surface area contributed by atoms with Crippen molar-refractivity contribution in [3.63, 3.8) is 0 Å². The van der Waals surface area contributed by atoms with Crippen LogP contribution in [0.2, 0.25) is 0 Å². The summed E-state index contributed by atoms with van der Waals surface area (Å²) in [7, 11) is 1.65. The highest BCUT2D eigenvalue weighted by molar-refractivity contribution is 9.10. The fourth-order valence-electron chi connectivity index (χ4n) is 1.83. The van der Waals surface area contributed by atoms with Crippen LogP contribution in [0.1, 0.15) is 18.3 Å². The Bertz CT molecular complexity index is 549. The molecular weight excluding hydrogens is 308 g/mol. The van der Waals surface area contributed by atoms with Crippen molar-refractivity contribution in [2.75, 3.05) is 7.11 Å². The zero-order chi connectivity index (χ0) is 13.8. The first kappa shape index (κ1) is 13.9. The van der Waals surface area contributed by atoms with E-state index in [-0.39, 0.29) is 0 Å². The molecule has 0 fully saturated rings. The minimum atomic E-state index is 0.488. The number of hydrogen-bond donors (Lipinski definition) is 0. The maximum Gasteiger partial charge on any atom is 0.131 e. The van der Waals surface area contributed by atoms with Crippen molar-refractivity contribution in [2.24, 2.45) is 0 Å². The quantitative estimate of drug-likeness (QED) is 0.843. The third-order valence-corrected chi connectivity index (χ3v) is 3.92. The Morgan fingerprint density at radius 3 is 2.42 bits per heavy atom. The van der Waals surface area contributed by atoms with Crippen LogP contribution in [-0.2, 0) is 13.2 Å². The summed E-state index contributed by atoms with van der Waals surface area (Å²) in [6.45, 7) is 5.36. The minimum absolute atomic E-state index is 0.488. The molecule has 2 rings (SSSR count). The van der Waals surface area contributed by atoms with Gasteiger partial charge in [-0.05, 0) is 54.0 Å². The Kier molecular flexibility index (Phi) is 4.47. The van der Waals surface area contributed by atoms with Gasteiger partial charge in [-0.3, -0.25) is 4.68 Å². The zero-order valence-corrected chi connectivity index (χ0v) is 12.9. The van der Waals surface area contributed by atoms with E-state index in [1.807, 2.05) is 35.9 Å². The lowest BCUT2D eigenvalue weighted by Crippen LogP contribution is -2.06. The smallest absolute Gasteiger partial charge is 0.131 e. The average Bonchev–Trinajstić information content (AvgIpc) is 2.72. The van der Waals surface area contributed by atoms with Crippen LogP contribution in [0, 0.1) is 6.92 Å². The Balaban J connectivity index is 2.09. The monoisotopic (exact) mass is 324 g/mol. The van der Waals surface area contributed by atoms with E-state index in [0.29, 0.717) is 6.61 Å². The Morgan fingerprint density at radius 2 is 1.84 bits per heavy atom. The Hall–Kier alpha value is -1.49. The molecule has 0 atom stereocenters. The molecule has 0 N–H and O–H groups in total. The lowest BCUT2D eigenvalue weighted by molar-refractivity contribution is 0.291. The molecule has 1 heterocycles. The van der Waals surface area contributed by atoms with Crippen LogP contribution in [0.5, 0.6) is 11.5 Å². The van der Waals surface area contributed by atoms with Gasteiger partial charge in [0.25, 0.3) is 0 Å². The largest absolute Gasteiger partial charge is 0.497 e. The Labute approximate surface area is 121 Å². The number of methoxy groups -OCH3 is 1. The molecule has 0 spiro atoms. The first-order chi connectivity index (χ1) is 9.15. The molecule has 2 aromatic rings. The molecule has 0 aliphatic carbocycles. The highest BCUT2D eigenvalue weighted by atomic mass is 79.9. The van der Waals surface area contributed by atoms with Crippen LogP contribution in [-0.4, -0.2) is 16.9 Å². The van der Waals surface area contributed by atoms with Crippen molar-refractivity contribution in [1.29, 1.82) is 0 Å². The van der Waals surface area contributed by atoms with Crippen molar-refractivity contribution in [3.8, 4) is 11.5 Å². The van der Waals surface area contributed by atoms with E-state index >= 15 is 0 Å². The summed E-state index contributed by atoms with van der Waals surface area (Å²) in [5.74, 6) is 1.64. The van der Waals surface area contributed by atoms with Gasteiger partial charge in [0.2, 0.25) is 0 Å². The van der Waals surface area contributed by atoms with E-state index in [1.165, 1.54) is 0 Å². The molecule has 0 aliphatic rings. The molecule has 0 saturated heterocycles. The molecular formula is C14H17BrN2O2. The maximum atomic E-state index is 5.78. The van der Waals surface area contributed by atoms with Crippen molar-refractivity contribution in [1.82, 2.24) is 9.78 Å². The third kappa shape index (κ3) is 3.10. The van der Waals surface area contributed by atoms with Gasteiger partial charge in [0.1, 0.15) is 18.1 Å². The second kappa shape index (κ2) is 6.10. The van der Waals surface area contributed by atoms with Gasteiger partial charge in [-0.1, -0.05) is 0 Å². The van der Waals surface area contributed by atoms with E-state index in [9.17, 15) is 0 Å². The van der Waals surface area contributed by atoms with Gasteiger partial charge in [0, 0.05) is 6.54 Å². The first-order valence-electron chi connectivity index (χ1n) is 6.14. The molecule has 19 heavy (non-hydrogen) atoms. The standard InChI is InChI=1S/C14H17BrN2O2/c1-4-17-13(14(15)10(2)16-17)9-19-12-7-5-11(18-3)6-8-12/h5-8H,4,9H2,1-3H3. The number of aryl methyl sites for hydroxylation is 2. The molecule has 0 unspecified atom stereocenters. The maximum absolute atomic E-state index is 5.78. The van der Waals surface area contributed by atoms with Gasteiger partial charge >= 0.3 is 0 Å². The topological polar surface area (TPSA) is 36.3 Å². The molecule has 102 valence electrons. The SMILES string of the molecule is CCn1nc(C)c(Br)c1COc1ccc(OC)cc1. The number of halogens is 1. The van der Waals surface area contributed by atoms with E-state index in [4.69, 9.17) is 9.47 Å². The summed E-state index contributed by atoms with van der Waals surface area (Å²) in [6, 6.07) is 7.55. The van der Waals surface area contributed by atoms with Crippen LogP contribution < -0.4 is 9.47 Å². The zero-order valence-electron chi connectivity index (χ0n) is 11.3. The van der Waals surface area contributed by atoms with Gasteiger partial charge < -0.3 is 9.47 Å². The van der Waals surface area contributed by atoms with Crippen molar-refractivity contribution < 1.29 is 9.47 Å². The van der Waals surface area contributed by atoms with Crippen molar-refractivity contribution in [2.45, 2.75) is 27.0 Å². The predicted molar refractivity (Wildman–Crippen MR) is 77.7 cm³/mol. The van der Waals surface area contributed by atoms with Gasteiger partial charge in [0.05, 0.1) is 23.0 Å². The summed E-state index contributed by atoms with van der Waals surface area (Å²) >= 11 is 3.55. The molecule has 0 bridgehead atoms. The summed E-state index contributed by atoms with van der Waals surface area (Å²) in [5, 5.41) is 4.44. The summed E-state index contributed by atoms with van der Waals surface area (Å²) in [5.41, 5.74) is 2.03. The lowest BCUT2D eigenvalue weighted by atomic mass is 10.3. The van der Waals surface area contributed by atoms with Crippen LogP contribution in [0.25, 0.3) is 0 Å². The highest BCUT2D eigenvalue weighted by Crippen LogP contribution is 2.23. The van der Waals surface area contributed by atoms with Crippen LogP contribution >= 0.6 is 15.9 Å². The van der Waals surface area contributed by atoms with E-state index in [0.717, 1.165) is 33.9 Å². The first-order valence-corrected chi connectivity index (χ1v) is 6.93. The summed E-state index contributed by atoms with van der Waals surface area (Å²) < 4.78 is 13.9. The van der Waals surface area contributed by atoms with E-state index in [2.05, 4.69) is 28.0 Å². The normalized spacial score (nSPS) is 10.5. The van der Waals surface area contributed by atoms with Crippen LogP contribution in [0.4, 0.5) is 0 Å². The number of hydrogen-bond acceptors (Lipinski definition) is 3. The molecule has 0 aliphatic heterocycles. The number of ether oxygens (including phenoxy) is 2. The van der Waals surface area contributed by atoms with Crippen LogP contribution in [0.3, 0.4) is 0 Å². The average molecular weight is 325 g/mol. The van der Waals surface area contributed by atoms with E-state index in [1.54, 1.807) is 7.11 Å². The molecule has 0 saturated carbocycles. The molecule has 4 nitrogen and oxygen atoms in total. The van der Waals surface area contributed by atoms with Gasteiger partial charge in [-0.25, -0.2) is 0 Å². The number of rotatable bonds is 5. The van der Waals surface area contributed by atoms with Crippen molar-refractivity contribution in [3.05, 3.63) is 40.1 Å². The summed E-state index contributed by atoms with van der Waals surface area (Å²) in [6.07, 6.45) is 0. The second-order valence-corrected chi connectivity index (χ2v) is 4.92. The Morgan fingerprint density at radius 1 is 1.21 bits per heavy atom. The number of nitrogens with zero attached hydrogens (tertiary/aromatic N) is 2.